The molecule has 0 aromatic carbocycles. The van der Waals surface area contributed by atoms with E-state index in [9.17, 15) is 4.79 Å². The first-order chi connectivity index (χ1) is 10.7. The summed E-state index contributed by atoms with van der Waals surface area (Å²) in [5.41, 5.74) is 1.40. The maximum atomic E-state index is 12.2. The van der Waals surface area contributed by atoms with E-state index in [1.54, 1.807) is 6.07 Å². The number of aromatic nitrogens is 1. The summed E-state index contributed by atoms with van der Waals surface area (Å²) < 4.78 is 5.44. The molecule has 0 aliphatic carbocycles. The maximum absolute atomic E-state index is 12.2. The van der Waals surface area contributed by atoms with E-state index in [0.29, 0.717) is 11.6 Å². The minimum Gasteiger partial charge on any atom is -0.381 e. The number of hydrogen-bond acceptors (Lipinski definition) is 4. The summed E-state index contributed by atoms with van der Waals surface area (Å²) >= 11 is 0. The first-order valence-electron chi connectivity index (χ1n) is 8.25. The van der Waals surface area contributed by atoms with Gasteiger partial charge in [0.15, 0.2) is 0 Å². The average Bonchev–Trinajstić information content (AvgIpc) is 3.02. The van der Waals surface area contributed by atoms with Crippen LogP contribution >= 0.6 is 0 Å². The van der Waals surface area contributed by atoms with Gasteiger partial charge in [-0.2, -0.15) is 0 Å². The van der Waals surface area contributed by atoms with E-state index in [4.69, 9.17) is 4.74 Å². The van der Waals surface area contributed by atoms with Gasteiger partial charge in [-0.25, -0.2) is 4.98 Å². The van der Waals surface area contributed by atoms with Crippen LogP contribution in [0.15, 0.2) is 18.2 Å². The number of likely N-dealkylation sites (tertiary alicyclic amines) is 1. The molecule has 0 saturated carbocycles. The number of pyridine rings is 1. The fourth-order valence-electron chi connectivity index (χ4n) is 3.28. The molecule has 0 radical (unpaired) electrons. The molecule has 2 saturated heterocycles. The monoisotopic (exact) mass is 303 g/mol. The second-order valence-corrected chi connectivity index (χ2v) is 6.44. The number of carbonyl (C=O) groups is 1. The van der Waals surface area contributed by atoms with Crippen LogP contribution in [0.1, 0.15) is 35.4 Å². The van der Waals surface area contributed by atoms with Crippen molar-refractivity contribution in [2.75, 3.05) is 32.8 Å². The van der Waals surface area contributed by atoms with Crippen LogP contribution in [-0.4, -0.2) is 54.7 Å². The molecule has 2 aliphatic heterocycles. The number of rotatable bonds is 4. The zero-order valence-corrected chi connectivity index (χ0v) is 13.3. The molecule has 5 heteroatoms. The predicted octanol–water partition coefficient (Wildman–Crippen LogP) is 1.62. The van der Waals surface area contributed by atoms with E-state index in [0.717, 1.165) is 51.4 Å². The molecule has 1 atom stereocenters. The molecule has 1 aromatic heterocycles. The number of aryl methyl sites for hydroxylation is 1. The normalized spacial score (nSPS) is 23.6. The number of amides is 1. The molecule has 120 valence electrons. The Morgan fingerprint density at radius 1 is 1.36 bits per heavy atom. The Kier molecular flexibility index (Phi) is 5.05. The largest absolute Gasteiger partial charge is 0.381 e. The van der Waals surface area contributed by atoms with Crippen molar-refractivity contribution in [3.8, 4) is 0 Å². The van der Waals surface area contributed by atoms with Crippen LogP contribution in [0.5, 0.6) is 0 Å². The topological polar surface area (TPSA) is 54.5 Å². The quantitative estimate of drug-likeness (QED) is 0.918. The van der Waals surface area contributed by atoms with Crippen molar-refractivity contribution in [1.29, 1.82) is 0 Å². The predicted molar refractivity (Wildman–Crippen MR) is 84.8 cm³/mol. The van der Waals surface area contributed by atoms with Gasteiger partial charge >= 0.3 is 0 Å². The minimum atomic E-state index is -0.0497. The van der Waals surface area contributed by atoms with Crippen LogP contribution < -0.4 is 5.32 Å². The second kappa shape index (κ2) is 7.20. The molecule has 22 heavy (non-hydrogen) atoms. The Balaban J connectivity index is 1.44. The fourth-order valence-corrected chi connectivity index (χ4v) is 3.28. The second-order valence-electron chi connectivity index (χ2n) is 6.44. The van der Waals surface area contributed by atoms with E-state index in [1.807, 2.05) is 19.1 Å². The highest BCUT2D eigenvalue weighted by Gasteiger charge is 2.24. The van der Waals surface area contributed by atoms with Gasteiger partial charge in [0, 0.05) is 38.0 Å². The zero-order valence-electron chi connectivity index (χ0n) is 13.3. The summed E-state index contributed by atoms with van der Waals surface area (Å²) in [5.74, 6) is 0.647. The third-order valence-corrected chi connectivity index (χ3v) is 4.58. The number of hydrogen-bond donors (Lipinski definition) is 1. The molecule has 5 nitrogen and oxygen atoms in total. The van der Waals surface area contributed by atoms with Gasteiger partial charge in [-0.15, -0.1) is 0 Å². The Morgan fingerprint density at radius 3 is 2.86 bits per heavy atom. The van der Waals surface area contributed by atoms with Gasteiger partial charge < -0.3 is 15.0 Å². The molecular formula is C17H25N3O2. The molecule has 0 unspecified atom stereocenters. The summed E-state index contributed by atoms with van der Waals surface area (Å²) in [5, 5.41) is 3.12. The molecule has 1 aromatic rings. The zero-order chi connectivity index (χ0) is 15.4. The van der Waals surface area contributed by atoms with Crippen LogP contribution in [0.25, 0.3) is 0 Å². The molecule has 1 amide bonds. The van der Waals surface area contributed by atoms with E-state index < -0.39 is 0 Å². The Labute approximate surface area is 132 Å². The summed E-state index contributed by atoms with van der Waals surface area (Å²) in [4.78, 5) is 19.0. The third kappa shape index (κ3) is 4.05. The molecular weight excluding hydrogens is 278 g/mol. The third-order valence-electron chi connectivity index (χ3n) is 4.58. The maximum Gasteiger partial charge on any atom is 0.270 e. The number of nitrogens with one attached hydrogen (secondary N) is 1. The SMILES string of the molecule is Cc1cccc(C(=O)NC2CCN(C[C@H]3CCOC3)CC2)n1. The highest BCUT2D eigenvalue weighted by Crippen LogP contribution is 2.17. The molecule has 0 bridgehead atoms. The number of carbonyl (C=O) groups excluding carboxylic acids is 1. The summed E-state index contributed by atoms with van der Waals surface area (Å²) in [6.45, 7) is 6.99. The highest BCUT2D eigenvalue weighted by atomic mass is 16.5. The van der Waals surface area contributed by atoms with Gasteiger partial charge in [0.25, 0.3) is 5.91 Å². The first kappa shape index (κ1) is 15.4. The lowest BCUT2D eigenvalue weighted by Gasteiger charge is -2.33. The molecule has 3 rings (SSSR count). The molecule has 1 N–H and O–H groups in total. The van der Waals surface area contributed by atoms with Crippen molar-refractivity contribution in [3.63, 3.8) is 0 Å². The van der Waals surface area contributed by atoms with Crippen LogP contribution in [0, 0.1) is 12.8 Å². The van der Waals surface area contributed by atoms with Gasteiger partial charge in [-0.3, -0.25) is 4.79 Å². The standard InChI is InChI=1S/C17H25N3O2/c1-13-3-2-4-16(18-13)17(21)19-15-5-8-20(9-6-15)11-14-7-10-22-12-14/h2-4,14-15H,5-12H2,1H3,(H,19,21)/t14-/m1/s1. The molecule has 0 spiro atoms. The summed E-state index contributed by atoms with van der Waals surface area (Å²) in [6, 6.07) is 5.83. The number of piperidine rings is 1. The van der Waals surface area contributed by atoms with Crippen LogP contribution in [0.3, 0.4) is 0 Å². The van der Waals surface area contributed by atoms with Crippen molar-refractivity contribution in [1.82, 2.24) is 15.2 Å². The van der Waals surface area contributed by atoms with E-state index >= 15 is 0 Å². The lowest BCUT2D eigenvalue weighted by molar-refractivity contribution is 0.0898. The van der Waals surface area contributed by atoms with Gasteiger partial charge in [-0.05, 0) is 44.2 Å². The lowest BCUT2D eigenvalue weighted by atomic mass is 10.0. The molecule has 2 fully saturated rings. The highest BCUT2D eigenvalue weighted by molar-refractivity contribution is 5.92. The van der Waals surface area contributed by atoms with Gasteiger partial charge in [-0.1, -0.05) is 6.07 Å². The Bertz CT molecular complexity index is 506. The van der Waals surface area contributed by atoms with E-state index in [1.165, 1.54) is 6.42 Å². The van der Waals surface area contributed by atoms with Crippen molar-refractivity contribution in [2.45, 2.75) is 32.2 Å². The van der Waals surface area contributed by atoms with Crippen LogP contribution in [0.4, 0.5) is 0 Å². The Hall–Kier alpha value is -1.46. The Morgan fingerprint density at radius 2 is 2.18 bits per heavy atom. The van der Waals surface area contributed by atoms with E-state index in [2.05, 4.69) is 15.2 Å². The summed E-state index contributed by atoms with van der Waals surface area (Å²) in [6.07, 6.45) is 3.23. The van der Waals surface area contributed by atoms with Crippen molar-refractivity contribution >= 4 is 5.91 Å². The van der Waals surface area contributed by atoms with Crippen LogP contribution in [-0.2, 0) is 4.74 Å². The molecule has 3 heterocycles. The fraction of sp³-hybridized carbons (Fsp3) is 0.647. The smallest absolute Gasteiger partial charge is 0.270 e. The van der Waals surface area contributed by atoms with Gasteiger partial charge in [0.1, 0.15) is 5.69 Å². The van der Waals surface area contributed by atoms with Crippen molar-refractivity contribution < 1.29 is 9.53 Å². The summed E-state index contributed by atoms with van der Waals surface area (Å²) in [7, 11) is 0. The minimum absolute atomic E-state index is 0.0497. The van der Waals surface area contributed by atoms with Crippen molar-refractivity contribution in [3.05, 3.63) is 29.6 Å². The van der Waals surface area contributed by atoms with Crippen molar-refractivity contribution in [2.24, 2.45) is 5.92 Å². The number of ether oxygens (including phenoxy) is 1. The van der Waals surface area contributed by atoms with Gasteiger partial charge in [0.2, 0.25) is 0 Å². The van der Waals surface area contributed by atoms with E-state index in [-0.39, 0.29) is 11.9 Å². The molecule has 2 aliphatic rings. The lowest BCUT2D eigenvalue weighted by Crippen LogP contribution is -2.46. The first-order valence-corrected chi connectivity index (χ1v) is 8.25. The average molecular weight is 303 g/mol. The number of nitrogens with zero attached hydrogens (tertiary/aromatic N) is 2. The van der Waals surface area contributed by atoms with Crippen LogP contribution in [0.2, 0.25) is 0 Å². The van der Waals surface area contributed by atoms with Gasteiger partial charge in [0.05, 0.1) is 6.61 Å².